The Morgan fingerprint density at radius 3 is 2.29 bits per heavy atom. The summed E-state index contributed by atoms with van der Waals surface area (Å²) in [6, 6.07) is 14.0. The number of nitrogens with one attached hydrogen (secondary N) is 1. The molecule has 2 aromatic carbocycles. The van der Waals surface area contributed by atoms with Crippen LogP contribution in [0.3, 0.4) is 0 Å². The van der Waals surface area contributed by atoms with Crippen LogP contribution in [0.15, 0.2) is 54.6 Å². The highest BCUT2D eigenvalue weighted by molar-refractivity contribution is 5.74. The monoisotopic (exact) mass is 336 g/mol. The van der Waals surface area contributed by atoms with Gasteiger partial charge in [0.15, 0.2) is 0 Å². The molecule has 0 bridgehead atoms. The number of amides is 2. The maximum Gasteiger partial charge on any atom is 0.416 e. The summed E-state index contributed by atoms with van der Waals surface area (Å²) in [5.41, 5.74) is 0.269. The Labute approximate surface area is 139 Å². The lowest BCUT2D eigenvalue weighted by molar-refractivity contribution is -0.138. The van der Waals surface area contributed by atoms with Crippen LogP contribution >= 0.6 is 0 Å². The maximum atomic E-state index is 13.0. The summed E-state index contributed by atoms with van der Waals surface area (Å²) < 4.78 is 39.0. The Bertz CT molecular complexity index is 686. The van der Waals surface area contributed by atoms with Gasteiger partial charge in [0, 0.05) is 13.6 Å². The smallest absolute Gasteiger partial charge is 0.331 e. The van der Waals surface area contributed by atoms with Gasteiger partial charge in [0.05, 0.1) is 11.6 Å². The van der Waals surface area contributed by atoms with Crippen molar-refractivity contribution in [3.05, 3.63) is 71.3 Å². The molecular weight excluding hydrogens is 317 g/mol. The largest absolute Gasteiger partial charge is 0.416 e. The van der Waals surface area contributed by atoms with Crippen LogP contribution in [0.2, 0.25) is 0 Å². The maximum absolute atomic E-state index is 13.0. The first-order valence-electron chi connectivity index (χ1n) is 7.50. The molecule has 1 unspecified atom stereocenters. The van der Waals surface area contributed by atoms with Gasteiger partial charge >= 0.3 is 12.2 Å². The molecule has 0 fully saturated rings. The van der Waals surface area contributed by atoms with E-state index >= 15 is 0 Å². The number of rotatable bonds is 4. The van der Waals surface area contributed by atoms with E-state index in [1.165, 1.54) is 30.1 Å². The van der Waals surface area contributed by atoms with Crippen molar-refractivity contribution < 1.29 is 18.0 Å². The third-order valence-electron chi connectivity index (χ3n) is 3.72. The van der Waals surface area contributed by atoms with Crippen molar-refractivity contribution in [3.8, 4) is 0 Å². The number of carbonyl (C=O) groups excluding carboxylic acids is 1. The second-order valence-electron chi connectivity index (χ2n) is 5.59. The molecule has 0 heterocycles. The van der Waals surface area contributed by atoms with Gasteiger partial charge in [-0.1, -0.05) is 48.5 Å². The molecule has 24 heavy (non-hydrogen) atoms. The van der Waals surface area contributed by atoms with E-state index in [2.05, 4.69) is 5.32 Å². The van der Waals surface area contributed by atoms with Crippen molar-refractivity contribution in [2.24, 2.45) is 0 Å². The summed E-state index contributed by atoms with van der Waals surface area (Å²) in [5.74, 6) is 0. The van der Waals surface area contributed by atoms with Gasteiger partial charge in [-0.3, -0.25) is 0 Å². The Kier molecular flexibility index (Phi) is 5.49. The molecule has 1 atom stereocenters. The van der Waals surface area contributed by atoms with E-state index in [0.717, 1.165) is 11.6 Å². The second-order valence-corrected chi connectivity index (χ2v) is 5.59. The van der Waals surface area contributed by atoms with E-state index in [1.54, 1.807) is 0 Å². The Hall–Kier alpha value is -2.50. The van der Waals surface area contributed by atoms with Crippen molar-refractivity contribution in [2.75, 3.05) is 7.05 Å². The zero-order valence-corrected chi connectivity index (χ0v) is 13.5. The van der Waals surface area contributed by atoms with Crippen LogP contribution in [0.25, 0.3) is 0 Å². The summed E-state index contributed by atoms with van der Waals surface area (Å²) in [5, 5.41) is 2.78. The number of urea groups is 1. The van der Waals surface area contributed by atoms with E-state index in [9.17, 15) is 18.0 Å². The summed E-state index contributed by atoms with van der Waals surface area (Å²) in [6.07, 6.45) is -4.44. The Morgan fingerprint density at radius 2 is 1.67 bits per heavy atom. The minimum absolute atomic E-state index is 0.0648. The molecule has 3 nitrogen and oxygen atoms in total. The van der Waals surface area contributed by atoms with Gasteiger partial charge in [-0.2, -0.15) is 13.2 Å². The zero-order chi connectivity index (χ0) is 17.7. The molecule has 0 aromatic heterocycles. The van der Waals surface area contributed by atoms with E-state index in [-0.39, 0.29) is 18.2 Å². The van der Waals surface area contributed by atoms with Crippen molar-refractivity contribution in [3.63, 3.8) is 0 Å². The standard InChI is InChI=1S/C18H19F3N2O/c1-13(14-8-4-3-5-9-14)22-17(24)23(2)12-15-10-6-7-11-16(15)18(19,20)21/h3-11,13H,12H2,1-2H3,(H,22,24). The summed E-state index contributed by atoms with van der Waals surface area (Å²) in [4.78, 5) is 13.5. The molecule has 0 radical (unpaired) electrons. The molecule has 2 aromatic rings. The highest BCUT2D eigenvalue weighted by Gasteiger charge is 2.33. The lowest BCUT2D eigenvalue weighted by Crippen LogP contribution is -2.38. The average Bonchev–Trinajstić information content (AvgIpc) is 2.55. The summed E-state index contributed by atoms with van der Waals surface area (Å²) in [6.45, 7) is 1.70. The summed E-state index contributed by atoms with van der Waals surface area (Å²) >= 11 is 0. The van der Waals surface area contributed by atoms with Crippen molar-refractivity contribution in [1.29, 1.82) is 0 Å². The van der Waals surface area contributed by atoms with Crippen LogP contribution in [0, 0.1) is 0 Å². The topological polar surface area (TPSA) is 32.3 Å². The lowest BCUT2D eigenvalue weighted by atomic mass is 10.1. The highest BCUT2D eigenvalue weighted by Crippen LogP contribution is 2.32. The number of hydrogen-bond acceptors (Lipinski definition) is 1. The van der Waals surface area contributed by atoms with Gasteiger partial charge in [0.25, 0.3) is 0 Å². The van der Waals surface area contributed by atoms with Gasteiger partial charge in [-0.15, -0.1) is 0 Å². The summed E-state index contributed by atoms with van der Waals surface area (Å²) in [7, 11) is 1.47. The first kappa shape index (κ1) is 17.8. The molecule has 0 aliphatic heterocycles. The number of carbonyl (C=O) groups is 1. The van der Waals surface area contributed by atoms with Crippen molar-refractivity contribution in [2.45, 2.75) is 25.7 Å². The third-order valence-corrected chi connectivity index (χ3v) is 3.72. The number of hydrogen-bond donors (Lipinski definition) is 1. The molecule has 2 amide bonds. The molecule has 1 N–H and O–H groups in total. The normalized spacial score (nSPS) is 12.5. The van der Waals surface area contributed by atoms with Gasteiger partial charge in [-0.25, -0.2) is 4.79 Å². The first-order valence-corrected chi connectivity index (χ1v) is 7.50. The van der Waals surface area contributed by atoms with Gasteiger partial charge in [-0.05, 0) is 24.1 Å². The van der Waals surface area contributed by atoms with Crippen molar-refractivity contribution in [1.82, 2.24) is 10.2 Å². The van der Waals surface area contributed by atoms with Gasteiger partial charge < -0.3 is 10.2 Å². The minimum atomic E-state index is -4.44. The fourth-order valence-electron chi connectivity index (χ4n) is 2.38. The molecule has 0 saturated heterocycles. The highest BCUT2D eigenvalue weighted by atomic mass is 19.4. The van der Waals surface area contributed by atoms with E-state index in [4.69, 9.17) is 0 Å². The van der Waals surface area contributed by atoms with Crippen LogP contribution in [-0.2, 0) is 12.7 Å². The molecule has 0 aliphatic rings. The Morgan fingerprint density at radius 1 is 1.08 bits per heavy atom. The average molecular weight is 336 g/mol. The Balaban J connectivity index is 2.05. The molecular formula is C18H19F3N2O. The van der Waals surface area contributed by atoms with Crippen LogP contribution in [0.1, 0.15) is 29.7 Å². The fraction of sp³-hybridized carbons (Fsp3) is 0.278. The van der Waals surface area contributed by atoms with E-state index in [1.807, 2.05) is 37.3 Å². The first-order chi connectivity index (χ1) is 11.3. The van der Waals surface area contributed by atoms with Crippen LogP contribution < -0.4 is 5.32 Å². The molecule has 0 aliphatic carbocycles. The molecule has 0 spiro atoms. The predicted octanol–water partition coefficient (Wildman–Crippen LogP) is 4.61. The van der Waals surface area contributed by atoms with Crippen molar-refractivity contribution >= 4 is 6.03 Å². The van der Waals surface area contributed by atoms with Crippen LogP contribution in [-0.4, -0.2) is 18.0 Å². The second kappa shape index (κ2) is 7.38. The van der Waals surface area contributed by atoms with Gasteiger partial charge in [0.1, 0.15) is 0 Å². The van der Waals surface area contributed by atoms with E-state index in [0.29, 0.717) is 0 Å². The molecule has 0 saturated carbocycles. The van der Waals surface area contributed by atoms with Crippen LogP contribution in [0.4, 0.5) is 18.0 Å². The molecule has 6 heteroatoms. The molecule has 2 rings (SSSR count). The number of benzene rings is 2. The lowest BCUT2D eigenvalue weighted by Gasteiger charge is -2.23. The number of alkyl halides is 3. The SMILES string of the molecule is CC(NC(=O)N(C)Cc1ccccc1C(F)(F)F)c1ccccc1. The fourth-order valence-corrected chi connectivity index (χ4v) is 2.38. The number of halogens is 3. The third kappa shape index (κ3) is 4.50. The van der Waals surface area contributed by atoms with Crippen LogP contribution in [0.5, 0.6) is 0 Å². The zero-order valence-electron chi connectivity index (χ0n) is 13.5. The quantitative estimate of drug-likeness (QED) is 0.869. The van der Waals surface area contributed by atoms with E-state index < -0.39 is 17.8 Å². The minimum Gasteiger partial charge on any atom is -0.331 e. The van der Waals surface area contributed by atoms with Gasteiger partial charge in [0.2, 0.25) is 0 Å². The molecule has 128 valence electrons. The predicted molar refractivity (Wildman–Crippen MR) is 86.3 cm³/mol. The number of nitrogens with zero attached hydrogens (tertiary/aromatic N) is 1.